The molecule has 0 fully saturated rings. The van der Waals surface area contributed by atoms with Crippen molar-refractivity contribution in [3.8, 4) is 0 Å². The van der Waals surface area contributed by atoms with Crippen molar-refractivity contribution in [2.24, 2.45) is 5.92 Å². The highest BCUT2D eigenvalue weighted by atomic mass is 16.5. The molecule has 1 amide bonds. The molecule has 0 aromatic heterocycles. The summed E-state index contributed by atoms with van der Waals surface area (Å²) >= 11 is 0. The van der Waals surface area contributed by atoms with Gasteiger partial charge >= 0.3 is 5.97 Å². The summed E-state index contributed by atoms with van der Waals surface area (Å²) in [6.45, 7) is 6.10. The molecule has 0 saturated carbocycles. The lowest BCUT2D eigenvalue weighted by molar-refractivity contribution is -0.139. The maximum Gasteiger partial charge on any atom is 0.305 e. The predicted octanol–water partition coefficient (Wildman–Crippen LogP) is 1.42. The summed E-state index contributed by atoms with van der Waals surface area (Å²) in [6, 6.07) is 0. The second kappa shape index (κ2) is 7.27. The van der Waals surface area contributed by atoms with Crippen LogP contribution >= 0.6 is 0 Å². The third-order valence-corrected chi connectivity index (χ3v) is 2.97. The molecule has 100 valence electrons. The fourth-order valence-electron chi connectivity index (χ4n) is 1.46. The number of ether oxygens (including phenoxy) is 1. The van der Waals surface area contributed by atoms with Crippen molar-refractivity contribution >= 4 is 11.9 Å². The minimum Gasteiger partial charge on any atom is -0.481 e. The first-order chi connectivity index (χ1) is 7.81. The fourth-order valence-corrected chi connectivity index (χ4v) is 1.46. The predicted molar refractivity (Wildman–Crippen MR) is 64.7 cm³/mol. The minimum atomic E-state index is -0.904. The van der Waals surface area contributed by atoms with E-state index in [-0.39, 0.29) is 18.2 Å². The first kappa shape index (κ1) is 15.9. The van der Waals surface area contributed by atoms with Crippen molar-refractivity contribution in [2.75, 3.05) is 13.7 Å². The molecule has 17 heavy (non-hydrogen) atoms. The molecule has 2 N–H and O–H groups in total. The molecule has 5 heteroatoms. The lowest BCUT2D eigenvalue weighted by atomic mass is 9.85. The van der Waals surface area contributed by atoms with Crippen molar-refractivity contribution in [3.63, 3.8) is 0 Å². The monoisotopic (exact) mass is 245 g/mol. The van der Waals surface area contributed by atoms with E-state index < -0.39 is 11.5 Å². The average Bonchev–Trinajstić information content (AvgIpc) is 2.16. The highest BCUT2D eigenvalue weighted by Gasteiger charge is 2.32. The summed E-state index contributed by atoms with van der Waals surface area (Å²) in [4.78, 5) is 22.4. The summed E-state index contributed by atoms with van der Waals surface area (Å²) in [7, 11) is 1.58. The molecule has 0 spiro atoms. The number of carboxylic acids is 1. The largest absolute Gasteiger partial charge is 0.481 e. The molecule has 1 unspecified atom stereocenters. The van der Waals surface area contributed by atoms with Gasteiger partial charge in [-0.1, -0.05) is 13.8 Å². The van der Waals surface area contributed by atoms with E-state index in [1.807, 2.05) is 13.8 Å². The zero-order valence-corrected chi connectivity index (χ0v) is 11.1. The number of hydrogen-bond donors (Lipinski definition) is 2. The number of carbonyl (C=O) groups is 2. The summed E-state index contributed by atoms with van der Waals surface area (Å²) in [5.74, 6) is -0.970. The van der Waals surface area contributed by atoms with Crippen molar-refractivity contribution in [1.82, 2.24) is 5.32 Å². The van der Waals surface area contributed by atoms with Crippen LogP contribution in [0.15, 0.2) is 0 Å². The van der Waals surface area contributed by atoms with Crippen molar-refractivity contribution in [2.45, 2.75) is 45.6 Å². The van der Waals surface area contributed by atoms with Crippen molar-refractivity contribution < 1.29 is 19.4 Å². The summed E-state index contributed by atoms with van der Waals surface area (Å²) in [5, 5.41) is 11.7. The van der Waals surface area contributed by atoms with Crippen LogP contribution in [-0.2, 0) is 14.3 Å². The molecule has 5 nitrogen and oxygen atoms in total. The van der Waals surface area contributed by atoms with Crippen LogP contribution in [0, 0.1) is 5.92 Å². The van der Waals surface area contributed by atoms with Gasteiger partial charge in [-0.2, -0.15) is 0 Å². The molecule has 0 aromatic rings. The second-order valence-corrected chi connectivity index (χ2v) is 4.79. The number of amides is 1. The molecule has 0 bridgehead atoms. The summed E-state index contributed by atoms with van der Waals surface area (Å²) < 4.78 is 4.86. The standard InChI is InChI=1S/C12H23NO4/c1-9(2)12(3,8-11(15)16)13-10(14)6-5-7-17-4/h9H,5-8H2,1-4H3,(H,13,14)(H,15,16). The van der Waals surface area contributed by atoms with Crippen LogP contribution in [0.1, 0.15) is 40.0 Å². The van der Waals surface area contributed by atoms with Gasteiger partial charge in [0.25, 0.3) is 0 Å². The van der Waals surface area contributed by atoms with E-state index in [1.54, 1.807) is 14.0 Å². The molecule has 0 aliphatic rings. The van der Waals surface area contributed by atoms with E-state index in [2.05, 4.69) is 5.32 Å². The molecule has 0 aliphatic carbocycles. The van der Waals surface area contributed by atoms with E-state index in [0.29, 0.717) is 19.4 Å². The Balaban J connectivity index is 4.34. The third kappa shape index (κ3) is 6.26. The Morgan fingerprint density at radius 3 is 2.41 bits per heavy atom. The number of rotatable bonds is 8. The Bertz CT molecular complexity index is 265. The Labute approximate surface area is 103 Å². The molecule has 0 aromatic carbocycles. The highest BCUT2D eigenvalue weighted by Crippen LogP contribution is 2.21. The first-order valence-corrected chi connectivity index (χ1v) is 5.83. The van der Waals surface area contributed by atoms with E-state index in [4.69, 9.17) is 9.84 Å². The van der Waals surface area contributed by atoms with Gasteiger partial charge in [-0.3, -0.25) is 9.59 Å². The summed E-state index contributed by atoms with van der Waals surface area (Å²) in [6.07, 6.45) is 0.931. The van der Waals surface area contributed by atoms with Gasteiger partial charge in [0.15, 0.2) is 0 Å². The smallest absolute Gasteiger partial charge is 0.305 e. The number of carbonyl (C=O) groups excluding carboxylic acids is 1. The highest BCUT2D eigenvalue weighted by molar-refractivity contribution is 5.78. The quantitative estimate of drug-likeness (QED) is 0.634. The minimum absolute atomic E-state index is 0.0602. The fraction of sp³-hybridized carbons (Fsp3) is 0.833. The van der Waals surface area contributed by atoms with Gasteiger partial charge in [-0.25, -0.2) is 0 Å². The van der Waals surface area contributed by atoms with Gasteiger partial charge < -0.3 is 15.2 Å². The van der Waals surface area contributed by atoms with Crippen LogP contribution in [0.5, 0.6) is 0 Å². The van der Waals surface area contributed by atoms with Crippen LogP contribution in [0.25, 0.3) is 0 Å². The van der Waals surface area contributed by atoms with Gasteiger partial charge in [0.2, 0.25) is 5.91 Å². The Kier molecular flexibility index (Phi) is 6.80. The lowest BCUT2D eigenvalue weighted by Gasteiger charge is -2.33. The first-order valence-electron chi connectivity index (χ1n) is 5.83. The van der Waals surface area contributed by atoms with Crippen LogP contribution in [0.4, 0.5) is 0 Å². The van der Waals surface area contributed by atoms with Crippen LogP contribution in [0.3, 0.4) is 0 Å². The molecular formula is C12H23NO4. The molecule has 0 aliphatic heterocycles. The molecular weight excluding hydrogens is 222 g/mol. The third-order valence-electron chi connectivity index (χ3n) is 2.97. The summed E-state index contributed by atoms with van der Waals surface area (Å²) in [5.41, 5.74) is -0.698. The van der Waals surface area contributed by atoms with Gasteiger partial charge in [-0.15, -0.1) is 0 Å². The lowest BCUT2D eigenvalue weighted by Crippen LogP contribution is -2.51. The Hall–Kier alpha value is -1.10. The van der Waals surface area contributed by atoms with Gasteiger partial charge in [-0.05, 0) is 19.3 Å². The van der Waals surface area contributed by atoms with Crippen molar-refractivity contribution in [1.29, 1.82) is 0 Å². The van der Waals surface area contributed by atoms with Gasteiger partial charge in [0.1, 0.15) is 0 Å². The number of nitrogens with one attached hydrogen (secondary N) is 1. The average molecular weight is 245 g/mol. The van der Waals surface area contributed by atoms with E-state index in [9.17, 15) is 9.59 Å². The number of hydrogen-bond acceptors (Lipinski definition) is 3. The van der Waals surface area contributed by atoms with Crippen molar-refractivity contribution in [3.05, 3.63) is 0 Å². The van der Waals surface area contributed by atoms with Crippen LogP contribution in [0.2, 0.25) is 0 Å². The van der Waals surface area contributed by atoms with Crippen LogP contribution < -0.4 is 5.32 Å². The Morgan fingerprint density at radius 1 is 1.41 bits per heavy atom. The topological polar surface area (TPSA) is 75.6 Å². The number of carboxylic acid groups (broad SMARTS) is 1. The van der Waals surface area contributed by atoms with E-state index in [1.165, 1.54) is 0 Å². The molecule has 0 heterocycles. The molecule has 0 saturated heterocycles. The van der Waals surface area contributed by atoms with Gasteiger partial charge in [0, 0.05) is 25.7 Å². The SMILES string of the molecule is COCCCC(=O)NC(C)(CC(=O)O)C(C)C. The molecule has 1 atom stereocenters. The number of methoxy groups -OCH3 is 1. The zero-order valence-electron chi connectivity index (χ0n) is 11.1. The Morgan fingerprint density at radius 2 is 2.00 bits per heavy atom. The van der Waals surface area contributed by atoms with Gasteiger partial charge in [0.05, 0.1) is 6.42 Å². The van der Waals surface area contributed by atoms with E-state index >= 15 is 0 Å². The zero-order chi connectivity index (χ0) is 13.5. The molecule has 0 radical (unpaired) electrons. The van der Waals surface area contributed by atoms with Crippen LogP contribution in [-0.4, -0.2) is 36.2 Å². The maximum atomic E-state index is 11.7. The number of aliphatic carboxylic acids is 1. The second-order valence-electron chi connectivity index (χ2n) is 4.79. The maximum absolute atomic E-state index is 11.7. The normalized spacial score (nSPS) is 14.4. The van der Waals surface area contributed by atoms with E-state index in [0.717, 1.165) is 0 Å². The molecule has 0 rings (SSSR count).